The van der Waals surface area contributed by atoms with E-state index >= 15 is 0 Å². The van der Waals surface area contributed by atoms with Gasteiger partial charge in [0, 0.05) is 6.54 Å². The van der Waals surface area contributed by atoms with Gasteiger partial charge in [0.15, 0.2) is 0 Å². The van der Waals surface area contributed by atoms with E-state index < -0.39 is 0 Å². The Hall–Kier alpha value is -0.460. The van der Waals surface area contributed by atoms with Crippen LogP contribution in [-0.2, 0) is 0 Å². The lowest BCUT2D eigenvalue weighted by Crippen LogP contribution is -2.00. The predicted molar refractivity (Wildman–Crippen MR) is 42.0 cm³/mol. The Balaban J connectivity index is 2.86. The van der Waals surface area contributed by atoms with Crippen molar-refractivity contribution in [1.29, 1.82) is 0 Å². The minimum Gasteiger partial charge on any atom is -0.391 e. The molecule has 0 rings (SSSR count). The zero-order chi connectivity index (χ0) is 6.95. The number of unbranched alkanes of at least 4 members (excludes halogenated alkanes) is 2. The van der Waals surface area contributed by atoms with E-state index in [1.165, 1.54) is 6.42 Å². The minimum absolute atomic E-state index is 1.01. The Morgan fingerprint density at radius 1 is 1.56 bits per heavy atom. The van der Waals surface area contributed by atoms with Gasteiger partial charge in [0.1, 0.15) is 0 Å². The second-order valence-corrected chi connectivity index (χ2v) is 1.96. The monoisotopic (exact) mass is 126 g/mol. The molecule has 1 nitrogen and oxygen atoms in total. The first kappa shape index (κ1) is 8.54. The SMILES string of the molecule is [CH2]CCCC=CNCC. The summed E-state index contributed by atoms with van der Waals surface area (Å²) in [6.07, 6.45) is 7.54. The van der Waals surface area contributed by atoms with Gasteiger partial charge >= 0.3 is 0 Å². The maximum Gasteiger partial charge on any atom is 0.0112 e. The summed E-state index contributed by atoms with van der Waals surface area (Å²) in [6, 6.07) is 0. The van der Waals surface area contributed by atoms with Crippen LogP contribution < -0.4 is 5.32 Å². The highest BCUT2D eigenvalue weighted by Gasteiger charge is 1.75. The number of nitrogens with one attached hydrogen (secondary N) is 1. The average Bonchev–Trinajstić information content (AvgIpc) is 1.89. The van der Waals surface area contributed by atoms with Crippen molar-refractivity contribution in [3.8, 4) is 0 Å². The molecular formula is C8H16N. The Labute approximate surface area is 58.2 Å². The molecule has 0 saturated heterocycles. The van der Waals surface area contributed by atoms with Crippen LogP contribution in [0.25, 0.3) is 0 Å². The molecule has 9 heavy (non-hydrogen) atoms. The number of hydrogen-bond acceptors (Lipinski definition) is 1. The molecular weight excluding hydrogens is 110 g/mol. The first-order chi connectivity index (χ1) is 4.41. The van der Waals surface area contributed by atoms with E-state index in [9.17, 15) is 0 Å². The molecule has 1 radical (unpaired) electrons. The molecule has 0 aliphatic rings. The van der Waals surface area contributed by atoms with E-state index in [0.717, 1.165) is 19.4 Å². The van der Waals surface area contributed by atoms with Crippen LogP contribution in [0.1, 0.15) is 26.2 Å². The van der Waals surface area contributed by atoms with Crippen molar-refractivity contribution in [3.63, 3.8) is 0 Å². The van der Waals surface area contributed by atoms with E-state index in [0.29, 0.717) is 0 Å². The molecule has 0 amide bonds. The molecule has 0 aromatic carbocycles. The highest BCUT2D eigenvalue weighted by molar-refractivity contribution is 4.78. The molecule has 0 bridgehead atoms. The van der Waals surface area contributed by atoms with Gasteiger partial charge < -0.3 is 5.32 Å². The highest BCUT2D eigenvalue weighted by atomic mass is 14.8. The van der Waals surface area contributed by atoms with Gasteiger partial charge in [-0.2, -0.15) is 0 Å². The predicted octanol–water partition coefficient (Wildman–Crippen LogP) is 2.11. The standard InChI is InChI=1S/C8H16N/c1-3-5-6-7-8-9-4-2/h7-9H,1,3-6H2,2H3. The summed E-state index contributed by atoms with van der Waals surface area (Å²) in [4.78, 5) is 0. The van der Waals surface area contributed by atoms with Gasteiger partial charge in [-0.25, -0.2) is 0 Å². The van der Waals surface area contributed by atoms with Crippen molar-refractivity contribution in [2.45, 2.75) is 26.2 Å². The number of hydrogen-bond donors (Lipinski definition) is 1. The molecule has 0 aromatic heterocycles. The smallest absolute Gasteiger partial charge is 0.0112 e. The van der Waals surface area contributed by atoms with E-state index in [1.54, 1.807) is 0 Å². The molecule has 0 aliphatic carbocycles. The zero-order valence-electron chi connectivity index (χ0n) is 6.19. The number of rotatable bonds is 5. The van der Waals surface area contributed by atoms with Gasteiger partial charge in [-0.05, 0) is 26.0 Å². The largest absolute Gasteiger partial charge is 0.391 e. The second-order valence-electron chi connectivity index (χ2n) is 1.96. The van der Waals surface area contributed by atoms with Gasteiger partial charge in [0.2, 0.25) is 0 Å². The van der Waals surface area contributed by atoms with Crippen molar-refractivity contribution in [1.82, 2.24) is 5.32 Å². The fraction of sp³-hybridized carbons (Fsp3) is 0.625. The van der Waals surface area contributed by atoms with Crippen molar-refractivity contribution in [2.24, 2.45) is 0 Å². The summed E-state index contributed by atoms with van der Waals surface area (Å²) in [5.74, 6) is 0. The molecule has 0 aliphatic heterocycles. The Morgan fingerprint density at radius 3 is 2.89 bits per heavy atom. The Kier molecular flexibility index (Phi) is 7.15. The summed E-state index contributed by atoms with van der Waals surface area (Å²) in [5.41, 5.74) is 0. The van der Waals surface area contributed by atoms with E-state index in [1.807, 2.05) is 6.20 Å². The fourth-order valence-electron chi connectivity index (χ4n) is 0.547. The van der Waals surface area contributed by atoms with Crippen molar-refractivity contribution >= 4 is 0 Å². The summed E-state index contributed by atoms with van der Waals surface area (Å²) < 4.78 is 0. The van der Waals surface area contributed by atoms with Crippen LogP contribution in [0.5, 0.6) is 0 Å². The molecule has 0 atom stereocenters. The van der Waals surface area contributed by atoms with Gasteiger partial charge in [-0.1, -0.05) is 19.4 Å². The first-order valence-corrected chi connectivity index (χ1v) is 3.59. The van der Waals surface area contributed by atoms with Crippen LogP contribution in [0, 0.1) is 6.92 Å². The second kappa shape index (κ2) is 7.54. The highest BCUT2D eigenvalue weighted by Crippen LogP contribution is 1.92. The molecule has 53 valence electrons. The van der Waals surface area contributed by atoms with Gasteiger partial charge in [-0.15, -0.1) is 0 Å². The molecule has 0 saturated carbocycles. The summed E-state index contributed by atoms with van der Waals surface area (Å²) in [7, 11) is 0. The minimum atomic E-state index is 1.01. The third-order valence-electron chi connectivity index (χ3n) is 1.06. The van der Waals surface area contributed by atoms with Gasteiger partial charge in [0.25, 0.3) is 0 Å². The zero-order valence-corrected chi connectivity index (χ0v) is 6.19. The van der Waals surface area contributed by atoms with E-state index in [2.05, 4.69) is 25.2 Å². The maximum absolute atomic E-state index is 3.75. The van der Waals surface area contributed by atoms with Crippen LogP contribution in [0.15, 0.2) is 12.3 Å². The lowest BCUT2D eigenvalue weighted by molar-refractivity contribution is 0.848. The third-order valence-corrected chi connectivity index (χ3v) is 1.06. The van der Waals surface area contributed by atoms with E-state index in [4.69, 9.17) is 0 Å². The van der Waals surface area contributed by atoms with Crippen LogP contribution in [-0.4, -0.2) is 6.54 Å². The fourth-order valence-corrected chi connectivity index (χ4v) is 0.547. The lowest BCUT2D eigenvalue weighted by atomic mass is 10.2. The topological polar surface area (TPSA) is 12.0 Å². The third kappa shape index (κ3) is 7.54. The maximum atomic E-state index is 3.75. The lowest BCUT2D eigenvalue weighted by Gasteiger charge is -1.90. The Morgan fingerprint density at radius 2 is 2.33 bits per heavy atom. The van der Waals surface area contributed by atoms with Crippen molar-refractivity contribution in [2.75, 3.05) is 6.54 Å². The Bertz CT molecular complexity index is 67.0. The van der Waals surface area contributed by atoms with Gasteiger partial charge in [-0.3, -0.25) is 0 Å². The number of allylic oxidation sites excluding steroid dienone is 1. The first-order valence-electron chi connectivity index (χ1n) is 3.59. The molecule has 0 heterocycles. The van der Waals surface area contributed by atoms with E-state index in [-0.39, 0.29) is 0 Å². The van der Waals surface area contributed by atoms with Crippen molar-refractivity contribution in [3.05, 3.63) is 19.2 Å². The molecule has 0 aromatic rings. The molecule has 0 fully saturated rings. The summed E-state index contributed by atoms with van der Waals surface area (Å²) >= 11 is 0. The molecule has 1 N–H and O–H groups in total. The van der Waals surface area contributed by atoms with Crippen molar-refractivity contribution < 1.29 is 0 Å². The summed E-state index contributed by atoms with van der Waals surface area (Å²) in [5, 5.41) is 3.11. The molecule has 0 unspecified atom stereocenters. The van der Waals surface area contributed by atoms with Gasteiger partial charge in [0.05, 0.1) is 0 Å². The molecule has 1 heteroatoms. The van der Waals surface area contributed by atoms with Crippen LogP contribution in [0.3, 0.4) is 0 Å². The summed E-state index contributed by atoms with van der Waals surface area (Å²) in [6.45, 7) is 6.85. The normalized spacial score (nSPS) is 10.4. The van der Waals surface area contributed by atoms with Crippen LogP contribution in [0.4, 0.5) is 0 Å². The van der Waals surface area contributed by atoms with Crippen LogP contribution in [0.2, 0.25) is 0 Å². The quantitative estimate of drug-likeness (QED) is 0.556. The molecule has 0 spiro atoms. The average molecular weight is 126 g/mol. The van der Waals surface area contributed by atoms with Crippen LogP contribution >= 0.6 is 0 Å².